The molecule has 2 N–H and O–H groups in total. The third-order valence-corrected chi connectivity index (χ3v) is 8.87. The number of fused-ring (bicyclic) bond motifs is 5. The molecule has 0 bridgehead atoms. The highest BCUT2D eigenvalue weighted by atomic mass is 16.3. The number of aliphatic hydroxyl groups is 2. The van der Waals surface area contributed by atoms with Crippen molar-refractivity contribution in [2.24, 2.45) is 28.6 Å². The Labute approximate surface area is 145 Å². The lowest BCUT2D eigenvalue weighted by molar-refractivity contribution is -0.171. The van der Waals surface area contributed by atoms with Crippen molar-refractivity contribution >= 4 is 5.78 Å². The number of aliphatic hydroxyl groups excluding tert-OH is 1. The Balaban J connectivity index is 1.69. The van der Waals surface area contributed by atoms with Gasteiger partial charge in [0.1, 0.15) is 0 Å². The van der Waals surface area contributed by atoms with Crippen LogP contribution < -0.4 is 0 Å². The molecule has 0 aromatic heterocycles. The molecule has 3 fully saturated rings. The number of hydrogen-bond donors (Lipinski definition) is 2. The molecule has 3 nitrogen and oxygen atoms in total. The van der Waals surface area contributed by atoms with E-state index in [0.717, 1.165) is 44.9 Å². The van der Waals surface area contributed by atoms with Gasteiger partial charge in [-0.2, -0.15) is 0 Å². The van der Waals surface area contributed by atoms with Crippen molar-refractivity contribution in [1.82, 2.24) is 0 Å². The van der Waals surface area contributed by atoms with Crippen LogP contribution in [-0.2, 0) is 4.79 Å². The zero-order valence-electron chi connectivity index (χ0n) is 15.3. The molecular formula is C21H32O3. The first-order valence-electron chi connectivity index (χ1n) is 9.87. The highest BCUT2D eigenvalue weighted by Gasteiger charge is 2.65. The van der Waals surface area contributed by atoms with Gasteiger partial charge in [-0.05, 0) is 81.1 Å². The smallest absolute Gasteiger partial charge is 0.155 e. The van der Waals surface area contributed by atoms with E-state index in [2.05, 4.69) is 13.8 Å². The lowest BCUT2D eigenvalue weighted by Crippen LogP contribution is -2.58. The number of carbonyl (C=O) groups is 1. The molecule has 3 saturated carbocycles. The summed E-state index contributed by atoms with van der Waals surface area (Å²) >= 11 is 0. The molecule has 4 rings (SSSR count). The first kappa shape index (κ1) is 16.8. The SMILES string of the molecule is CC(O)C1(O)CCC2C3CCC4=CC(=O)CCC4(C)C3CC[C@@]21C. The minimum atomic E-state index is -0.928. The van der Waals surface area contributed by atoms with Crippen LogP contribution in [0.2, 0.25) is 0 Å². The number of rotatable bonds is 1. The molecule has 0 saturated heterocycles. The predicted molar refractivity (Wildman–Crippen MR) is 93.3 cm³/mol. The largest absolute Gasteiger partial charge is 0.390 e. The Morgan fingerprint density at radius 2 is 1.79 bits per heavy atom. The van der Waals surface area contributed by atoms with Gasteiger partial charge in [0, 0.05) is 11.8 Å². The lowest BCUT2D eigenvalue weighted by atomic mass is 9.46. The molecule has 0 aromatic carbocycles. The van der Waals surface area contributed by atoms with Crippen molar-refractivity contribution in [2.45, 2.75) is 83.8 Å². The van der Waals surface area contributed by atoms with Gasteiger partial charge in [-0.1, -0.05) is 19.4 Å². The van der Waals surface area contributed by atoms with Crippen LogP contribution in [0, 0.1) is 28.6 Å². The van der Waals surface area contributed by atoms with Gasteiger partial charge in [0.15, 0.2) is 5.78 Å². The van der Waals surface area contributed by atoms with Crippen LogP contribution in [-0.4, -0.2) is 27.7 Å². The van der Waals surface area contributed by atoms with E-state index in [-0.39, 0.29) is 10.8 Å². The average Bonchev–Trinajstić information content (AvgIpc) is 2.81. The molecule has 0 amide bonds. The van der Waals surface area contributed by atoms with E-state index in [9.17, 15) is 15.0 Å². The van der Waals surface area contributed by atoms with Crippen LogP contribution in [0.5, 0.6) is 0 Å². The molecular weight excluding hydrogens is 300 g/mol. The molecule has 0 aliphatic heterocycles. The molecule has 6 unspecified atom stereocenters. The molecule has 0 radical (unpaired) electrons. The van der Waals surface area contributed by atoms with E-state index < -0.39 is 11.7 Å². The first-order chi connectivity index (χ1) is 11.2. The van der Waals surface area contributed by atoms with Gasteiger partial charge in [-0.3, -0.25) is 4.79 Å². The molecule has 3 heteroatoms. The Kier molecular flexibility index (Phi) is 3.61. The lowest BCUT2D eigenvalue weighted by Gasteiger charge is -2.59. The zero-order valence-corrected chi connectivity index (χ0v) is 15.3. The van der Waals surface area contributed by atoms with Crippen LogP contribution in [0.15, 0.2) is 11.6 Å². The predicted octanol–water partition coefficient (Wildman–Crippen LogP) is 3.63. The number of allylic oxidation sites excluding steroid dienone is 1. The summed E-state index contributed by atoms with van der Waals surface area (Å²) in [6, 6.07) is 0. The van der Waals surface area contributed by atoms with Gasteiger partial charge in [-0.25, -0.2) is 0 Å². The van der Waals surface area contributed by atoms with Crippen LogP contribution in [0.4, 0.5) is 0 Å². The van der Waals surface area contributed by atoms with Crippen molar-refractivity contribution in [3.63, 3.8) is 0 Å². The number of ketones is 1. The zero-order chi connectivity index (χ0) is 17.3. The summed E-state index contributed by atoms with van der Waals surface area (Å²) in [6.07, 6.45) is 9.07. The topological polar surface area (TPSA) is 57.5 Å². The standard InChI is InChI=1S/C21H32O3/c1-13(22)21(24)11-8-18-16-5-4-14-12-15(23)6-9-19(14,2)17(16)7-10-20(18,21)3/h12-13,16-18,22,24H,4-11H2,1-3H3/t13?,16?,17?,18?,19?,20-,21?/m0/s1. The van der Waals surface area contributed by atoms with Gasteiger partial charge in [0.2, 0.25) is 0 Å². The summed E-state index contributed by atoms with van der Waals surface area (Å²) in [7, 11) is 0. The molecule has 134 valence electrons. The normalized spacial score (nSPS) is 52.1. The Morgan fingerprint density at radius 3 is 2.50 bits per heavy atom. The molecule has 0 spiro atoms. The summed E-state index contributed by atoms with van der Waals surface area (Å²) in [5.41, 5.74) is 0.489. The molecule has 4 aliphatic carbocycles. The molecule has 4 aliphatic rings. The quantitative estimate of drug-likeness (QED) is 0.771. The number of hydrogen-bond acceptors (Lipinski definition) is 3. The van der Waals surface area contributed by atoms with Crippen LogP contribution in [0.3, 0.4) is 0 Å². The maximum Gasteiger partial charge on any atom is 0.155 e. The molecule has 7 atom stereocenters. The highest BCUT2D eigenvalue weighted by Crippen LogP contribution is 2.67. The van der Waals surface area contributed by atoms with Gasteiger partial charge in [-0.15, -0.1) is 0 Å². The minimum Gasteiger partial charge on any atom is -0.390 e. The van der Waals surface area contributed by atoms with Gasteiger partial charge in [0.25, 0.3) is 0 Å². The maximum absolute atomic E-state index is 11.9. The van der Waals surface area contributed by atoms with Crippen molar-refractivity contribution < 1.29 is 15.0 Å². The second kappa shape index (κ2) is 5.17. The van der Waals surface area contributed by atoms with Gasteiger partial charge in [0.05, 0.1) is 11.7 Å². The Morgan fingerprint density at radius 1 is 1.08 bits per heavy atom. The fourth-order valence-corrected chi connectivity index (χ4v) is 7.30. The maximum atomic E-state index is 11.9. The third kappa shape index (κ3) is 1.94. The summed E-state index contributed by atoms with van der Waals surface area (Å²) in [5, 5.41) is 21.5. The van der Waals surface area contributed by atoms with E-state index in [1.807, 2.05) is 6.08 Å². The summed E-state index contributed by atoms with van der Waals surface area (Å²) < 4.78 is 0. The van der Waals surface area contributed by atoms with Crippen LogP contribution >= 0.6 is 0 Å². The van der Waals surface area contributed by atoms with Crippen molar-refractivity contribution in [3.05, 3.63) is 11.6 Å². The van der Waals surface area contributed by atoms with Gasteiger partial charge >= 0.3 is 0 Å². The molecule has 0 heterocycles. The Hall–Kier alpha value is -0.670. The summed E-state index contributed by atoms with van der Waals surface area (Å²) in [5.74, 6) is 2.09. The van der Waals surface area contributed by atoms with E-state index in [1.54, 1.807) is 6.92 Å². The van der Waals surface area contributed by atoms with Crippen molar-refractivity contribution in [3.8, 4) is 0 Å². The molecule has 0 aromatic rings. The van der Waals surface area contributed by atoms with E-state index in [1.165, 1.54) is 5.57 Å². The van der Waals surface area contributed by atoms with E-state index in [4.69, 9.17) is 0 Å². The van der Waals surface area contributed by atoms with Crippen LogP contribution in [0.25, 0.3) is 0 Å². The minimum absolute atomic E-state index is 0.162. The second-order valence-electron chi connectivity index (χ2n) is 9.56. The highest BCUT2D eigenvalue weighted by molar-refractivity contribution is 5.91. The fourth-order valence-electron chi connectivity index (χ4n) is 7.30. The summed E-state index contributed by atoms with van der Waals surface area (Å²) in [6.45, 7) is 6.38. The van der Waals surface area contributed by atoms with E-state index >= 15 is 0 Å². The van der Waals surface area contributed by atoms with Crippen molar-refractivity contribution in [2.75, 3.05) is 0 Å². The molecule has 24 heavy (non-hydrogen) atoms. The second-order valence-corrected chi connectivity index (χ2v) is 9.56. The fraction of sp³-hybridized carbons (Fsp3) is 0.857. The van der Waals surface area contributed by atoms with E-state index in [0.29, 0.717) is 30.0 Å². The Bertz CT molecular complexity index is 594. The van der Waals surface area contributed by atoms with Crippen LogP contribution in [0.1, 0.15) is 72.1 Å². The number of carbonyl (C=O) groups excluding carboxylic acids is 1. The van der Waals surface area contributed by atoms with Gasteiger partial charge < -0.3 is 10.2 Å². The summed E-state index contributed by atoms with van der Waals surface area (Å²) in [4.78, 5) is 11.9. The first-order valence-corrected chi connectivity index (χ1v) is 9.87. The average molecular weight is 332 g/mol. The van der Waals surface area contributed by atoms with Crippen molar-refractivity contribution in [1.29, 1.82) is 0 Å². The monoisotopic (exact) mass is 332 g/mol. The third-order valence-electron chi connectivity index (χ3n) is 8.87.